The molecule has 0 bridgehead atoms. The molecule has 2 aliphatic heterocycles. The Labute approximate surface area is 167 Å². The third-order valence-corrected chi connectivity index (χ3v) is 5.91. The summed E-state index contributed by atoms with van der Waals surface area (Å²) in [5.41, 5.74) is 1.58. The molecule has 0 aliphatic carbocycles. The molecule has 0 spiro atoms. The Balaban J connectivity index is 1.48. The lowest BCUT2D eigenvalue weighted by Crippen LogP contribution is -2.45. The topological polar surface area (TPSA) is 71.1 Å². The molecule has 0 aromatic heterocycles. The average molecular weight is 389 g/mol. The van der Waals surface area contributed by atoms with Crippen molar-refractivity contribution in [2.75, 3.05) is 47.0 Å². The van der Waals surface area contributed by atoms with Crippen molar-refractivity contribution >= 4 is 11.8 Å². The standard InChI is InChI=1S/C21H31N3O4/c1-15-12-16(4-7-19(15)27-3)21(26)22-14-18-6-5-17(23(18)2)13-20(25)24-8-10-28-11-9-24/h4,7,12,17-18H,5-6,8-11,13-14H2,1-3H3,(H,22,26)/t17-,18+/m1/s1. The molecule has 2 aliphatic rings. The van der Waals surface area contributed by atoms with E-state index in [0.717, 1.165) is 24.2 Å². The van der Waals surface area contributed by atoms with E-state index < -0.39 is 0 Å². The van der Waals surface area contributed by atoms with Crippen LogP contribution in [0.1, 0.15) is 35.2 Å². The van der Waals surface area contributed by atoms with Gasteiger partial charge in [0.15, 0.2) is 0 Å². The quantitative estimate of drug-likeness (QED) is 0.797. The van der Waals surface area contributed by atoms with Gasteiger partial charge in [0, 0.05) is 43.7 Å². The summed E-state index contributed by atoms with van der Waals surface area (Å²) in [5.74, 6) is 0.908. The molecule has 2 fully saturated rings. The highest BCUT2D eigenvalue weighted by atomic mass is 16.5. The van der Waals surface area contributed by atoms with Gasteiger partial charge in [-0.15, -0.1) is 0 Å². The molecular formula is C21H31N3O4. The summed E-state index contributed by atoms with van der Waals surface area (Å²) in [4.78, 5) is 29.1. The van der Waals surface area contributed by atoms with E-state index in [4.69, 9.17) is 9.47 Å². The first-order valence-corrected chi connectivity index (χ1v) is 10.00. The summed E-state index contributed by atoms with van der Waals surface area (Å²) in [6, 6.07) is 5.94. The number of hydrogen-bond donors (Lipinski definition) is 1. The minimum Gasteiger partial charge on any atom is -0.496 e. The fraction of sp³-hybridized carbons (Fsp3) is 0.619. The lowest BCUT2D eigenvalue weighted by molar-refractivity contribution is -0.136. The van der Waals surface area contributed by atoms with Crippen LogP contribution >= 0.6 is 0 Å². The number of aryl methyl sites for hydroxylation is 1. The van der Waals surface area contributed by atoms with Crippen LogP contribution in [0.4, 0.5) is 0 Å². The van der Waals surface area contributed by atoms with Crippen molar-refractivity contribution in [2.24, 2.45) is 0 Å². The summed E-state index contributed by atoms with van der Waals surface area (Å²) in [5, 5.41) is 3.04. The highest BCUT2D eigenvalue weighted by Crippen LogP contribution is 2.25. The first-order chi connectivity index (χ1) is 13.5. The molecule has 0 unspecified atom stereocenters. The smallest absolute Gasteiger partial charge is 0.251 e. The Kier molecular flexibility index (Phi) is 6.91. The van der Waals surface area contributed by atoms with E-state index >= 15 is 0 Å². The number of carbonyl (C=O) groups is 2. The second kappa shape index (κ2) is 9.39. The summed E-state index contributed by atoms with van der Waals surface area (Å²) in [6.07, 6.45) is 2.51. The molecule has 1 aromatic carbocycles. The maximum atomic E-state index is 12.5. The largest absolute Gasteiger partial charge is 0.496 e. The molecule has 7 heteroatoms. The van der Waals surface area contributed by atoms with Gasteiger partial charge in [-0.3, -0.25) is 14.5 Å². The van der Waals surface area contributed by atoms with E-state index in [1.54, 1.807) is 13.2 Å². The minimum atomic E-state index is -0.0769. The highest BCUT2D eigenvalue weighted by molar-refractivity contribution is 5.94. The normalized spacial score (nSPS) is 22.9. The molecule has 3 rings (SSSR count). The van der Waals surface area contributed by atoms with E-state index in [9.17, 15) is 9.59 Å². The van der Waals surface area contributed by atoms with E-state index in [-0.39, 0.29) is 23.9 Å². The van der Waals surface area contributed by atoms with Gasteiger partial charge in [-0.1, -0.05) is 0 Å². The first-order valence-electron chi connectivity index (χ1n) is 10.00. The third kappa shape index (κ3) is 4.83. The minimum absolute atomic E-state index is 0.0769. The molecule has 2 atom stereocenters. The van der Waals surface area contributed by atoms with Gasteiger partial charge in [-0.25, -0.2) is 0 Å². The number of carbonyl (C=O) groups excluding carboxylic acids is 2. The van der Waals surface area contributed by atoms with Gasteiger partial charge in [0.1, 0.15) is 5.75 Å². The maximum absolute atomic E-state index is 12.5. The van der Waals surface area contributed by atoms with Gasteiger partial charge in [0.05, 0.1) is 20.3 Å². The molecule has 0 radical (unpaired) electrons. The highest BCUT2D eigenvalue weighted by Gasteiger charge is 2.33. The lowest BCUT2D eigenvalue weighted by atomic mass is 10.1. The number of likely N-dealkylation sites (tertiary alicyclic amines) is 1. The second-order valence-electron chi connectivity index (χ2n) is 7.64. The number of rotatable bonds is 6. The van der Waals surface area contributed by atoms with E-state index in [2.05, 4.69) is 17.3 Å². The van der Waals surface area contributed by atoms with Crippen LogP contribution in [-0.2, 0) is 9.53 Å². The number of amides is 2. The van der Waals surface area contributed by atoms with Crippen LogP contribution in [0.5, 0.6) is 5.75 Å². The fourth-order valence-corrected chi connectivity index (χ4v) is 4.06. The van der Waals surface area contributed by atoms with Crippen LogP contribution < -0.4 is 10.1 Å². The molecule has 7 nitrogen and oxygen atoms in total. The van der Waals surface area contributed by atoms with Crippen LogP contribution in [0.25, 0.3) is 0 Å². The molecule has 0 saturated carbocycles. The molecule has 154 valence electrons. The molecule has 28 heavy (non-hydrogen) atoms. The Bertz CT molecular complexity index is 703. The Morgan fingerprint density at radius 3 is 2.61 bits per heavy atom. The number of methoxy groups -OCH3 is 1. The number of nitrogens with one attached hydrogen (secondary N) is 1. The zero-order valence-corrected chi connectivity index (χ0v) is 17.1. The monoisotopic (exact) mass is 389 g/mol. The maximum Gasteiger partial charge on any atom is 0.251 e. The van der Waals surface area contributed by atoms with Crippen molar-refractivity contribution in [3.05, 3.63) is 29.3 Å². The molecule has 1 aromatic rings. The number of morpholine rings is 1. The van der Waals surface area contributed by atoms with Crippen LogP contribution in [0.2, 0.25) is 0 Å². The van der Waals surface area contributed by atoms with Crippen molar-refractivity contribution in [3.8, 4) is 5.75 Å². The zero-order chi connectivity index (χ0) is 20.1. The molecule has 2 heterocycles. The van der Waals surface area contributed by atoms with Crippen LogP contribution in [0.3, 0.4) is 0 Å². The van der Waals surface area contributed by atoms with Crippen molar-refractivity contribution in [3.63, 3.8) is 0 Å². The fourth-order valence-electron chi connectivity index (χ4n) is 4.06. The van der Waals surface area contributed by atoms with Crippen molar-refractivity contribution in [1.82, 2.24) is 15.1 Å². The molecule has 1 N–H and O–H groups in total. The zero-order valence-electron chi connectivity index (χ0n) is 17.1. The van der Waals surface area contributed by atoms with Crippen molar-refractivity contribution in [2.45, 2.75) is 38.3 Å². The number of ether oxygens (including phenoxy) is 2. The van der Waals surface area contributed by atoms with E-state index in [0.29, 0.717) is 44.8 Å². The second-order valence-corrected chi connectivity index (χ2v) is 7.64. The number of hydrogen-bond acceptors (Lipinski definition) is 5. The third-order valence-electron chi connectivity index (χ3n) is 5.91. The summed E-state index contributed by atoms with van der Waals surface area (Å²) < 4.78 is 10.6. The summed E-state index contributed by atoms with van der Waals surface area (Å²) in [6.45, 7) is 5.16. The molecular weight excluding hydrogens is 358 g/mol. The Hall–Kier alpha value is -2.12. The predicted octanol–water partition coefficient (Wildman–Crippen LogP) is 1.45. The summed E-state index contributed by atoms with van der Waals surface area (Å²) >= 11 is 0. The van der Waals surface area contributed by atoms with Crippen molar-refractivity contribution in [1.29, 1.82) is 0 Å². The molecule has 2 amide bonds. The number of benzene rings is 1. The van der Waals surface area contributed by atoms with E-state index in [1.807, 2.05) is 24.0 Å². The number of nitrogens with zero attached hydrogens (tertiary/aromatic N) is 2. The van der Waals surface area contributed by atoms with Gasteiger partial charge in [0.2, 0.25) is 5.91 Å². The van der Waals surface area contributed by atoms with Crippen LogP contribution in [0.15, 0.2) is 18.2 Å². The SMILES string of the molecule is COc1ccc(C(=O)NC[C@@H]2CC[C@H](CC(=O)N3CCOCC3)N2C)cc1C. The average Bonchev–Trinajstić information content (AvgIpc) is 3.06. The van der Waals surface area contributed by atoms with Gasteiger partial charge < -0.3 is 19.7 Å². The lowest BCUT2D eigenvalue weighted by Gasteiger charge is -2.30. The van der Waals surface area contributed by atoms with Gasteiger partial charge in [0.25, 0.3) is 5.91 Å². The van der Waals surface area contributed by atoms with Gasteiger partial charge >= 0.3 is 0 Å². The van der Waals surface area contributed by atoms with Gasteiger partial charge in [-0.2, -0.15) is 0 Å². The van der Waals surface area contributed by atoms with E-state index in [1.165, 1.54) is 0 Å². The summed E-state index contributed by atoms with van der Waals surface area (Å²) in [7, 11) is 3.68. The van der Waals surface area contributed by atoms with Crippen LogP contribution in [-0.4, -0.2) is 80.7 Å². The van der Waals surface area contributed by atoms with Crippen LogP contribution in [0, 0.1) is 6.92 Å². The van der Waals surface area contributed by atoms with Crippen molar-refractivity contribution < 1.29 is 19.1 Å². The van der Waals surface area contributed by atoms with Gasteiger partial charge in [-0.05, 0) is 50.6 Å². The number of likely N-dealkylation sites (N-methyl/N-ethyl adjacent to an activating group) is 1. The predicted molar refractivity (Wildman–Crippen MR) is 107 cm³/mol. The Morgan fingerprint density at radius 1 is 1.21 bits per heavy atom. The molecule has 2 saturated heterocycles. The Morgan fingerprint density at radius 2 is 1.93 bits per heavy atom. The first kappa shape index (κ1) is 20.6.